The fourth-order valence-corrected chi connectivity index (χ4v) is 1.48. The highest BCUT2D eigenvalue weighted by Gasteiger charge is 2.64. The number of halogens is 3. The molecule has 0 aromatic carbocycles. The lowest BCUT2D eigenvalue weighted by Gasteiger charge is -2.25. The van der Waals surface area contributed by atoms with Gasteiger partial charge in [-0.1, -0.05) is 0 Å². The number of aliphatic hydroxyl groups excluding tert-OH is 2. The second kappa shape index (κ2) is 3.67. The van der Waals surface area contributed by atoms with Crippen LogP contribution in [0, 0.1) is 11.3 Å². The Kier molecular flexibility index (Phi) is 3.07. The molecule has 1 rings (SSSR count). The van der Waals surface area contributed by atoms with Crippen molar-refractivity contribution in [1.82, 2.24) is 0 Å². The van der Waals surface area contributed by atoms with Gasteiger partial charge in [0.05, 0.1) is 6.61 Å². The van der Waals surface area contributed by atoms with Crippen molar-refractivity contribution in [2.45, 2.75) is 23.6 Å². The smallest absolute Gasteiger partial charge is 0.248 e. The Morgan fingerprint density at radius 2 is 2.14 bits per heavy atom. The quantitative estimate of drug-likeness (QED) is 0.439. The highest BCUT2D eigenvalue weighted by molar-refractivity contribution is 6.30. The van der Waals surface area contributed by atoms with Crippen LogP contribution in [0.5, 0.6) is 0 Å². The van der Waals surface area contributed by atoms with E-state index in [9.17, 15) is 13.9 Å². The molecular formula is C7H8BClF2O3. The maximum absolute atomic E-state index is 13.8. The monoisotopic (exact) mass is 224 g/mol. The lowest BCUT2D eigenvalue weighted by Crippen LogP contribution is -2.50. The Morgan fingerprint density at radius 1 is 1.57 bits per heavy atom. The van der Waals surface area contributed by atoms with Crippen LogP contribution in [-0.4, -0.2) is 48.3 Å². The third-order valence-corrected chi connectivity index (χ3v) is 2.29. The first kappa shape index (κ1) is 11.7. The van der Waals surface area contributed by atoms with E-state index in [1.807, 2.05) is 0 Å². The van der Waals surface area contributed by atoms with Crippen molar-refractivity contribution in [3.8, 4) is 11.3 Å². The van der Waals surface area contributed by atoms with E-state index in [0.29, 0.717) is 0 Å². The van der Waals surface area contributed by atoms with Crippen LogP contribution in [0.25, 0.3) is 0 Å². The van der Waals surface area contributed by atoms with Gasteiger partial charge in [-0.25, -0.2) is 8.78 Å². The molecule has 1 fully saturated rings. The largest absolute Gasteiger partial charge is 0.394 e. The molecule has 1 unspecified atom stereocenters. The van der Waals surface area contributed by atoms with Crippen LogP contribution in [-0.2, 0) is 4.74 Å². The van der Waals surface area contributed by atoms with Crippen molar-refractivity contribution in [2.24, 2.45) is 0 Å². The molecule has 78 valence electrons. The Morgan fingerprint density at radius 3 is 2.50 bits per heavy atom. The van der Waals surface area contributed by atoms with Gasteiger partial charge < -0.3 is 14.9 Å². The lowest BCUT2D eigenvalue weighted by atomic mass is 9.80. The van der Waals surface area contributed by atoms with Crippen LogP contribution >= 0.6 is 11.6 Å². The second-order valence-electron chi connectivity index (χ2n) is 3.13. The normalized spacial score (nSPS) is 47.2. The number of rotatable bonds is 1. The van der Waals surface area contributed by atoms with Crippen molar-refractivity contribution < 1.29 is 23.7 Å². The van der Waals surface area contributed by atoms with E-state index in [2.05, 4.69) is 4.74 Å². The third kappa shape index (κ3) is 1.50. The van der Waals surface area contributed by atoms with Gasteiger partial charge in [-0.15, -0.1) is 0 Å². The summed E-state index contributed by atoms with van der Waals surface area (Å²) in [5.41, 5.74) is -2.91. The highest BCUT2D eigenvalue weighted by atomic mass is 35.5. The summed E-state index contributed by atoms with van der Waals surface area (Å²) in [5.74, 6) is -1.08. The molecule has 0 spiro atoms. The first-order chi connectivity index (χ1) is 6.39. The van der Waals surface area contributed by atoms with Gasteiger partial charge in [0.15, 0.2) is 7.85 Å². The minimum atomic E-state index is -2.91. The fraction of sp³-hybridized carbons (Fsp3) is 0.714. The highest BCUT2D eigenvalue weighted by Crippen LogP contribution is 2.41. The van der Waals surface area contributed by atoms with E-state index >= 15 is 0 Å². The first-order valence-corrected chi connectivity index (χ1v) is 4.24. The molecule has 1 heterocycles. The molecule has 0 aliphatic carbocycles. The number of hydrogen-bond acceptors (Lipinski definition) is 3. The van der Waals surface area contributed by atoms with Crippen molar-refractivity contribution >= 4 is 19.4 Å². The molecule has 3 nitrogen and oxygen atoms in total. The molecule has 0 amide bonds. The number of ether oxygens (including phenoxy) is 1. The fourth-order valence-electron chi connectivity index (χ4n) is 1.35. The molecule has 0 bridgehead atoms. The molecule has 0 radical (unpaired) electrons. The summed E-state index contributed by atoms with van der Waals surface area (Å²) in [6.45, 7) is -0.698. The van der Waals surface area contributed by atoms with E-state index in [4.69, 9.17) is 16.7 Å². The van der Waals surface area contributed by atoms with Gasteiger partial charge in [0.1, 0.15) is 12.2 Å². The summed E-state index contributed by atoms with van der Waals surface area (Å²) in [7, 11) is 0.785. The molecule has 1 aliphatic rings. The molecule has 7 heteroatoms. The molecular weight excluding hydrogens is 216 g/mol. The molecule has 0 aromatic heterocycles. The minimum Gasteiger partial charge on any atom is -0.394 e. The Labute approximate surface area is 85.4 Å². The Hall–Kier alpha value is -0.345. The maximum Gasteiger partial charge on any atom is 0.248 e. The first-order valence-electron chi connectivity index (χ1n) is 3.86. The molecule has 1 aliphatic heterocycles. The van der Waals surface area contributed by atoms with E-state index in [1.54, 1.807) is 11.3 Å². The lowest BCUT2D eigenvalue weighted by molar-refractivity contribution is -0.118. The minimum absolute atomic E-state index is 0.698. The SMILES string of the molecule is B[C@]1(F)O[C@H](CO)C(O)[C@]1(F)C#CCl. The Balaban J connectivity index is 3.07. The predicted octanol–water partition coefficient (Wildman–Crippen LogP) is -1.10. The zero-order valence-corrected chi connectivity index (χ0v) is 8.05. The summed E-state index contributed by atoms with van der Waals surface area (Å²) >= 11 is 4.96. The van der Waals surface area contributed by atoms with Gasteiger partial charge in [-0.05, 0) is 17.5 Å². The van der Waals surface area contributed by atoms with Gasteiger partial charge in [-0.3, -0.25) is 0 Å². The van der Waals surface area contributed by atoms with Gasteiger partial charge in [-0.2, -0.15) is 0 Å². The van der Waals surface area contributed by atoms with Crippen molar-refractivity contribution in [3.63, 3.8) is 0 Å². The zero-order chi connectivity index (χ0) is 11.0. The van der Waals surface area contributed by atoms with Crippen LogP contribution < -0.4 is 0 Å². The van der Waals surface area contributed by atoms with Crippen molar-refractivity contribution in [3.05, 3.63) is 0 Å². The van der Waals surface area contributed by atoms with E-state index in [1.165, 1.54) is 0 Å². The van der Waals surface area contributed by atoms with E-state index in [-0.39, 0.29) is 0 Å². The van der Waals surface area contributed by atoms with E-state index < -0.39 is 30.2 Å². The summed E-state index contributed by atoms with van der Waals surface area (Å²) < 4.78 is 31.8. The maximum atomic E-state index is 13.8. The summed E-state index contributed by atoms with van der Waals surface area (Å²) in [5, 5.41) is 19.6. The summed E-state index contributed by atoms with van der Waals surface area (Å²) in [6, 6.07) is 0. The second-order valence-corrected chi connectivity index (χ2v) is 3.32. The van der Waals surface area contributed by atoms with Gasteiger partial charge in [0.2, 0.25) is 11.4 Å². The van der Waals surface area contributed by atoms with Gasteiger partial charge in [0.25, 0.3) is 0 Å². The molecule has 2 N–H and O–H groups in total. The van der Waals surface area contributed by atoms with Crippen LogP contribution in [0.3, 0.4) is 0 Å². The number of alkyl halides is 2. The van der Waals surface area contributed by atoms with E-state index in [0.717, 1.165) is 7.85 Å². The topological polar surface area (TPSA) is 49.7 Å². The molecule has 0 aromatic rings. The average molecular weight is 224 g/mol. The van der Waals surface area contributed by atoms with Crippen molar-refractivity contribution in [2.75, 3.05) is 6.61 Å². The van der Waals surface area contributed by atoms with Gasteiger partial charge in [0, 0.05) is 5.38 Å². The predicted molar refractivity (Wildman–Crippen MR) is 47.8 cm³/mol. The number of hydrogen-bond donors (Lipinski definition) is 2. The number of aliphatic hydroxyl groups is 2. The Bertz CT molecular complexity index is 290. The standard InChI is InChI=1S/C7H8BClF2O3/c8-7(11)6(10,1-2-9)5(13)4(3-12)14-7/h4-5,12-13H,3,8H2/t4-,5?,6-,7-/m1/s1. The van der Waals surface area contributed by atoms with Crippen molar-refractivity contribution in [1.29, 1.82) is 0 Å². The van der Waals surface area contributed by atoms with Crippen LogP contribution in [0.1, 0.15) is 0 Å². The third-order valence-electron chi connectivity index (χ3n) is 2.19. The zero-order valence-electron chi connectivity index (χ0n) is 7.30. The summed E-state index contributed by atoms with van der Waals surface area (Å²) in [4.78, 5) is 0. The molecule has 1 saturated heterocycles. The summed E-state index contributed by atoms with van der Waals surface area (Å²) in [6.07, 6.45) is -3.21. The van der Waals surface area contributed by atoms with Gasteiger partial charge >= 0.3 is 0 Å². The average Bonchev–Trinajstić information content (AvgIpc) is 2.27. The van der Waals surface area contributed by atoms with Crippen LogP contribution in [0.2, 0.25) is 0 Å². The molecule has 0 saturated carbocycles. The van der Waals surface area contributed by atoms with Crippen LogP contribution in [0.15, 0.2) is 0 Å². The molecule has 14 heavy (non-hydrogen) atoms. The van der Waals surface area contributed by atoms with Crippen LogP contribution in [0.4, 0.5) is 8.78 Å². The molecule has 4 atom stereocenters.